The monoisotopic (exact) mass is 315 g/mol. The molecule has 0 radical (unpaired) electrons. The maximum atomic E-state index is 13.2. The number of nitrogens with zero attached hydrogens (tertiary/aromatic N) is 2. The molecule has 2 rings (SSSR count). The molecule has 0 saturated carbocycles. The minimum absolute atomic E-state index is 0.235. The molecule has 0 aliphatic heterocycles. The van der Waals surface area contributed by atoms with Crippen molar-refractivity contribution in [3.05, 3.63) is 65.5 Å². The van der Waals surface area contributed by atoms with Crippen LogP contribution in [0.5, 0.6) is 5.75 Å². The van der Waals surface area contributed by atoms with Crippen LogP contribution >= 0.6 is 0 Å². The Morgan fingerprint density at radius 3 is 2.65 bits per heavy atom. The Bertz CT molecular complexity index is 729. The molecule has 0 aromatic heterocycles. The summed E-state index contributed by atoms with van der Waals surface area (Å²) in [7, 11) is 3.02. The van der Waals surface area contributed by atoms with Crippen LogP contribution in [-0.4, -0.2) is 25.7 Å². The fourth-order valence-electron chi connectivity index (χ4n) is 2.03. The van der Waals surface area contributed by atoms with Crippen molar-refractivity contribution in [2.75, 3.05) is 14.2 Å². The first-order chi connectivity index (χ1) is 11.2. The van der Waals surface area contributed by atoms with Gasteiger partial charge in [-0.1, -0.05) is 35.5 Å². The smallest absolute Gasteiger partial charge is 0.152 e. The Morgan fingerprint density at radius 1 is 1.17 bits per heavy atom. The van der Waals surface area contributed by atoms with Gasteiger partial charge in [0, 0.05) is 18.7 Å². The number of hydrogen-bond acceptors (Lipinski definition) is 4. The van der Waals surface area contributed by atoms with E-state index in [1.54, 1.807) is 19.2 Å². The van der Waals surface area contributed by atoms with Crippen molar-refractivity contribution < 1.29 is 14.0 Å². The van der Waals surface area contributed by atoms with Crippen molar-refractivity contribution in [3.8, 4) is 5.75 Å². The zero-order valence-electron chi connectivity index (χ0n) is 13.0. The van der Waals surface area contributed by atoms with Gasteiger partial charge in [-0.2, -0.15) is 0 Å². The molecule has 0 spiro atoms. The number of halogens is 1. The molecule has 23 heavy (non-hydrogen) atoms. The lowest BCUT2D eigenvalue weighted by molar-refractivity contribution is 0.214. The lowest BCUT2D eigenvalue weighted by atomic mass is 10.0. The van der Waals surface area contributed by atoms with Crippen LogP contribution in [0.1, 0.15) is 11.1 Å². The summed E-state index contributed by atoms with van der Waals surface area (Å²) in [5, 5.41) is 3.94. The molecule has 0 aliphatic rings. The van der Waals surface area contributed by atoms with Gasteiger partial charge in [0.05, 0.1) is 0 Å². The fourth-order valence-corrected chi connectivity index (χ4v) is 2.03. The lowest BCUT2D eigenvalue weighted by Crippen LogP contribution is -2.26. The molecule has 2 N–H and O–H groups in total. The Kier molecular flexibility index (Phi) is 5.68. The van der Waals surface area contributed by atoms with Crippen molar-refractivity contribution in [1.82, 2.24) is 0 Å². The van der Waals surface area contributed by atoms with E-state index in [1.807, 2.05) is 24.3 Å². The number of oxime groups is 1. The number of nitrogens with two attached hydrogens (primary N) is 1. The molecule has 0 fully saturated rings. The molecule has 0 amide bonds. The lowest BCUT2D eigenvalue weighted by Gasteiger charge is -2.12. The van der Waals surface area contributed by atoms with Crippen molar-refractivity contribution >= 4 is 11.5 Å². The topological polar surface area (TPSA) is 69.2 Å². The Hall–Kier alpha value is -2.89. The van der Waals surface area contributed by atoms with Crippen molar-refractivity contribution in [1.29, 1.82) is 0 Å². The third-order valence-corrected chi connectivity index (χ3v) is 3.13. The first-order valence-corrected chi connectivity index (χ1v) is 6.96. The highest BCUT2D eigenvalue weighted by atomic mass is 19.1. The SMILES string of the molecule is CN=C(N)C(=NOC)c1ccccc1COc1cccc(F)c1. The van der Waals surface area contributed by atoms with Gasteiger partial charge in [-0.05, 0) is 17.7 Å². The second-order valence-electron chi connectivity index (χ2n) is 4.63. The molecule has 5 nitrogen and oxygen atoms in total. The van der Waals surface area contributed by atoms with E-state index in [-0.39, 0.29) is 18.3 Å². The van der Waals surface area contributed by atoms with E-state index in [2.05, 4.69) is 10.1 Å². The summed E-state index contributed by atoms with van der Waals surface area (Å²) < 4.78 is 18.8. The number of ether oxygens (including phenoxy) is 1. The Balaban J connectivity index is 2.28. The van der Waals surface area contributed by atoms with Gasteiger partial charge in [-0.3, -0.25) is 4.99 Å². The number of amidine groups is 1. The number of benzene rings is 2. The zero-order chi connectivity index (χ0) is 16.7. The Labute approximate surface area is 134 Å². The number of aliphatic imine (C=N–C) groups is 1. The largest absolute Gasteiger partial charge is 0.489 e. The molecule has 120 valence electrons. The van der Waals surface area contributed by atoms with Gasteiger partial charge in [-0.15, -0.1) is 0 Å². The van der Waals surface area contributed by atoms with E-state index in [0.717, 1.165) is 11.1 Å². The molecule has 6 heteroatoms. The molecule has 0 saturated heterocycles. The van der Waals surface area contributed by atoms with Gasteiger partial charge < -0.3 is 15.3 Å². The fraction of sp³-hybridized carbons (Fsp3) is 0.176. The normalized spacial score (nSPS) is 12.1. The molecule has 0 atom stereocenters. The van der Waals surface area contributed by atoms with E-state index in [4.69, 9.17) is 15.3 Å². The van der Waals surface area contributed by atoms with Crippen LogP contribution in [0.4, 0.5) is 4.39 Å². The maximum Gasteiger partial charge on any atom is 0.152 e. The minimum atomic E-state index is -0.347. The molecular formula is C17H18FN3O2. The average molecular weight is 315 g/mol. The van der Waals surface area contributed by atoms with E-state index in [1.165, 1.54) is 19.2 Å². The van der Waals surface area contributed by atoms with Crippen molar-refractivity contribution in [3.63, 3.8) is 0 Å². The summed E-state index contributed by atoms with van der Waals surface area (Å²) in [6.45, 7) is 0.235. The van der Waals surface area contributed by atoms with E-state index < -0.39 is 0 Å². The van der Waals surface area contributed by atoms with Gasteiger partial charge in [0.15, 0.2) is 5.71 Å². The van der Waals surface area contributed by atoms with Crippen LogP contribution in [0.15, 0.2) is 58.7 Å². The molecular weight excluding hydrogens is 297 g/mol. The third-order valence-electron chi connectivity index (χ3n) is 3.13. The van der Waals surface area contributed by atoms with Gasteiger partial charge >= 0.3 is 0 Å². The molecule has 0 unspecified atom stereocenters. The van der Waals surface area contributed by atoms with Gasteiger partial charge in [0.2, 0.25) is 0 Å². The Morgan fingerprint density at radius 2 is 1.96 bits per heavy atom. The first-order valence-electron chi connectivity index (χ1n) is 6.96. The summed E-state index contributed by atoms with van der Waals surface area (Å²) in [4.78, 5) is 8.80. The summed E-state index contributed by atoms with van der Waals surface area (Å²) in [6, 6.07) is 13.4. The summed E-state index contributed by atoms with van der Waals surface area (Å²) in [5.41, 5.74) is 7.88. The van der Waals surface area contributed by atoms with Gasteiger partial charge in [0.25, 0.3) is 0 Å². The summed E-state index contributed by atoms with van der Waals surface area (Å²) in [6.07, 6.45) is 0. The first kappa shape index (κ1) is 16.5. The quantitative estimate of drug-likeness (QED) is 0.506. The third kappa shape index (κ3) is 4.29. The highest BCUT2D eigenvalue weighted by molar-refractivity contribution is 6.47. The molecule has 2 aromatic rings. The van der Waals surface area contributed by atoms with E-state index in [9.17, 15) is 4.39 Å². The summed E-state index contributed by atoms with van der Waals surface area (Å²) in [5.74, 6) is 0.354. The highest BCUT2D eigenvalue weighted by Gasteiger charge is 2.14. The molecule has 0 heterocycles. The second-order valence-corrected chi connectivity index (χ2v) is 4.63. The van der Waals surface area contributed by atoms with Crippen LogP contribution in [-0.2, 0) is 11.4 Å². The zero-order valence-corrected chi connectivity index (χ0v) is 13.0. The van der Waals surface area contributed by atoms with E-state index in [0.29, 0.717) is 11.5 Å². The molecule has 2 aromatic carbocycles. The van der Waals surface area contributed by atoms with Crippen molar-refractivity contribution in [2.45, 2.75) is 6.61 Å². The van der Waals surface area contributed by atoms with Crippen LogP contribution in [0, 0.1) is 5.82 Å². The van der Waals surface area contributed by atoms with Crippen LogP contribution in [0.25, 0.3) is 0 Å². The molecule has 0 aliphatic carbocycles. The number of rotatable bonds is 6. The maximum absolute atomic E-state index is 13.2. The minimum Gasteiger partial charge on any atom is -0.489 e. The molecule has 0 bridgehead atoms. The van der Waals surface area contributed by atoms with Gasteiger partial charge in [0.1, 0.15) is 31.1 Å². The highest BCUT2D eigenvalue weighted by Crippen LogP contribution is 2.17. The van der Waals surface area contributed by atoms with Crippen LogP contribution in [0.3, 0.4) is 0 Å². The standard InChI is InChI=1S/C17H18FN3O2/c1-20-17(19)16(21-22-2)15-9-4-3-6-12(15)11-23-14-8-5-7-13(18)10-14/h3-10H,11H2,1-2H3,(H2,19,20). The van der Waals surface area contributed by atoms with Crippen molar-refractivity contribution in [2.24, 2.45) is 15.9 Å². The van der Waals surface area contributed by atoms with Crippen LogP contribution < -0.4 is 10.5 Å². The van der Waals surface area contributed by atoms with Gasteiger partial charge in [-0.25, -0.2) is 4.39 Å². The summed E-state index contributed by atoms with van der Waals surface area (Å²) >= 11 is 0. The second kappa shape index (κ2) is 7.93. The number of hydrogen-bond donors (Lipinski definition) is 1. The average Bonchev–Trinajstić information content (AvgIpc) is 2.58. The predicted octanol–water partition coefficient (Wildman–Crippen LogP) is 2.74. The van der Waals surface area contributed by atoms with E-state index >= 15 is 0 Å². The van der Waals surface area contributed by atoms with Crippen LogP contribution in [0.2, 0.25) is 0 Å². The predicted molar refractivity (Wildman–Crippen MR) is 88.3 cm³/mol.